The van der Waals surface area contributed by atoms with Crippen LogP contribution in [0.2, 0.25) is 0 Å². The molecule has 0 aromatic carbocycles. The van der Waals surface area contributed by atoms with Crippen molar-refractivity contribution in [1.82, 2.24) is 0 Å². The zero-order valence-corrected chi connectivity index (χ0v) is 13.6. The van der Waals surface area contributed by atoms with Crippen LogP contribution in [0.25, 0.3) is 0 Å². The molecule has 0 radical (unpaired) electrons. The first kappa shape index (κ1) is 19.3. The van der Waals surface area contributed by atoms with E-state index in [9.17, 15) is 9.59 Å². The van der Waals surface area contributed by atoms with Gasteiger partial charge in [0.2, 0.25) is 0 Å². The van der Waals surface area contributed by atoms with Gasteiger partial charge in [-0.25, -0.2) is 0 Å². The summed E-state index contributed by atoms with van der Waals surface area (Å²) >= 11 is 0. The van der Waals surface area contributed by atoms with Gasteiger partial charge in [-0.2, -0.15) is 0 Å². The third kappa shape index (κ3) is 8.92. The number of rotatable bonds is 8. The molecule has 0 aliphatic heterocycles. The molecular formula is C18H26O3. The second kappa shape index (κ2) is 9.24. The fourth-order valence-corrected chi connectivity index (χ4v) is 1.99. The van der Waals surface area contributed by atoms with Crippen LogP contribution in [0.15, 0.2) is 0 Å². The van der Waals surface area contributed by atoms with Gasteiger partial charge in [0.25, 0.3) is 0 Å². The van der Waals surface area contributed by atoms with Crippen LogP contribution in [0, 0.1) is 36.5 Å². The minimum Gasteiger partial charge on any atom is -0.459 e. The number of ether oxygens (including phenoxy) is 1. The van der Waals surface area contributed by atoms with E-state index in [2.05, 4.69) is 11.8 Å². The second-order valence-corrected chi connectivity index (χ2v) is 6.23. The maximum Gasteiger partial charge on any atom is 0.316 e. The van der Waals surface area contributed by atoms with Gasteiger partial charge in [-0.05, 0) is 53.4 Å². The van der Waals surface area contributed by atoms with Gasteiger partial charge in [0.15, 0.2) is 0 Å². The molecule has 3 heteroatoms. The first-order chi connectivity index (χ1) is 9.71. The van der Waals surface area contributed by atoms with Crippen LogP contribution in [0.1, 0.15) is 59.8 Å². The predicted molar refractivity (Wildman–Crippen MR) is 84.3 cm³/mol. The molecule has 3 nitrogen and oxygen atoms in total. The number of esters is 1. The lowest BCUT2D eigenvalue weighted by Crippen LogP contribution is -2.32. The summed E-state index contributed by atoms with van der Waals surface area (Å²) in [4.78, 5) is 23.7. The zero-order chi connectivity index (χ0) is 16.5. The molecular weight excluding hydrogens is 264 g/mol. The minimum absolute atomic E-state index is 0.0441. The number of hydrogen-bond donors (Lipinski definition) is 0. The van der Waals surface area contributed by atoms with Crippen LogP contribution in [0.3, 0.4) is 0 Å². The van der Waals surface area contributed by atoms with E-state index >= 15 is 0 Å². The van der Waals surface area contributed by atoms with E-state index in [1.807, 2.05) is 0 Å². The van der Waals surface area contributed by atoms with E-state index < -0.39 is 17.5 Å². The van der Waals surface area contributed by atoms with Gasteiger partial charge in [0, 0.05) is 12.3 Å². The zero-order valence-electron chi connectivity index (χ0n) is 13.6. The van der Waals surface area contributed by atoms with Gasteiger partial charge < -0.3 is 4.74 Å². The Morgan fingerprint density at radius 1 is 1.14 bits per heavy atom. The third-order valence-corrected chi connectivity index (χ3v) is 3.10. The molecule has 21 heavy (non-hydrogen) atoms. The molecule has 0 heterocycles. The van der Waals surface area contributed by atoms with Crippen LogP contribution < -0.4 is 0 Å². The van der Waals surface area contributed by atoms with E-state index in [0.29, 0.717) is 19.3 Å². The number of carbonyl (C=O) groups is 2. The second-order valence-electron chi connectivity index (χ2n) is 6.23. The van der Waals surface area contributed by atoms with Crippen molar-refractivity contribution in [3.05, 3.63) is 0 Å². The monoisotopic (exact) mass is 290 g/mol. The van der Waals surface area contributed by atoms with Crippen LogP contribution in [-0.2, 0) is 14.3 Å². The van der Waals surface area contributed by atoms with Gasteiger partial charge >= 0.3 is 5.97 Å². The average Bonchev–Trinajstić information content (AvgIpc) is 2.34. The highest BCUT2D eigenvalue weighted by atomic mass is 16.6. The number of unbranched alkanes of at least 4 members (excludes halogenated alkanes) is 1. The van der Waals surface area contributed by atoms with Gasteiger partial charge in [-0.15, -0.1) is 24.7 Å². The van der Waals surface area contributed by atoms with Gasteiger partial charge in [0.05, 0.1) is 0 Å². The predicted octanol–water partition coefficient (Wildman–Crippen LogP) is 3.37. The highest BCUT2D eigenvalue weighted by molar-refractivity contribution is 5.97. The molecule has 116 valence electrons. The Kier molecular flexibility index (Phi) is 8.48. The Hall–Kier alpha value is -1.74. The molecule has 0 rings (SSSR count). The van der Waals surface area contributed by atoms with Crippen molar-refractivity contribution >= 4 is 11.8 Å². The van der Waals surface area contributed by atoms with Crippen molar-refractivity contribution in [3.63, 3.8) is 0 Å². The summed E-state index contributed by atoms with van der Waals surface area (Å²) in [5.74, 6) is 3.96. The minimum atomic E-state index is -0.729. The third-order valence-electron chi connectivity index (χ3n) is 3.10. The van der Waals surface area contributed by atoms with Crippen molar-refractivity contribution in [1.29, 1.82) is 0 Å². The standard InChI is InChI=1S/C18H26O3/c1-7-9-10-11-15(8-2)12-13-16(14(3)19)17(20)21-18(4,5)6/h1-2,15-16H,9-13H2,3-6H3. The van der Waals surface area contributed by atoms with Gasteiger partial charge in [-0.3, -0.25) is 9.59 Å². The number of carbonyl (C=O) groups excluding carboxylic acids is 2. The largest absolute Gasteiger partial charge is 0.459 e. The molecule has 0 N–H and O–H groups in total. The summed E-state index contributed by atoms with van der Waals surface area (Å²) in [6.45, 7) is 6.77. The quantitative estimate of drug-likeness (QED) is 0.298. The van der Waals surface area contributed by atoms with Crippen molar-refractivity contribution in [3.8, 4) is 24.7 Å². The normalized spacial score (nSPS) is 13.6. The molecule has 0 spiro atoms. The molecule has 0 saturated heterocycles. The van der Waals surface area contributed by atoms with Crippen molar-refractivity contribution < 1.29 is 14.3 Å². The number of ketones is 1. The SMILES string of the molecule is C#CCCCC(C#C)CCC(C(C)=O)C(=O)OC(C)(C)C. The lowest BCUT2D eigenvalue weighted by atomic mass is 9.90. The highest BCUT2D eigenvalue weighted by Gasteiger charge is 2.29. The van der Waals surface area contributed by atoms with E-state index in [4.69, 9.17) is 17.6 Å². The molecule has 2 unspecified atom stereocenters. The van der Waals surface area contributed by atoms with Crippen LogP contribution >= 0.6 is 0 Å². The van der Waals surface area contributed by atoms with Crippen molar-refractivity contribution in [2.45, 2.75) is 65.4 Å². The average molecular weight is 290 g/mol. The summed E-state index contributed by atoms with van der Waals surface area (Å²) in [6, 6.07) is 0. The summed E-state index contributed by atoms with van der Waals surface area (Å²) in [6.07, 6.45) is 14.1. The molecule has 0 aliphatic rings. The summed E-state index contributed by atoms with van der Waals surface area (Å²) in [5.41, 5.74) is -0.594. The Balaban J connectivity index is 4.51. The lowest BCUT2D eigenvalue weighted by Gasteiger charge is -2.23. The molecule has 0 aliphatic carbocycles. The molecule has 0 amide bonds. The first-order valence-corrected chi connectivity index (χ1v) is 7.34. The van der Waals surface area contributed by atoms with Crippen LogP contribution in [0.5, 0.6) is 0 Å². The summed E-state index contributed by atoms with van der Waals surface area (Å²) in [5, 5.41) is 0. The topological polar surface area (TPSA) is 43.4 Å². The molecule has 0 saturated carbocycles. The van der Waals surface area contributed by atoms with Gasteiger partial charge in [-0.1, -0.05) is 0 Å². The van der Waals surface area contributed by atoms with Crippen molar-refractivity contribution in [2.75, 3.05) is 0 Å². The Bertz CT molecular complexity index is 429. The fraction of sp³-hybridized carbons (Fsp3) is 0.667. The molecule has 0 aromatic rings. The van der Waals surface area contributed by atoms with E-state index in [-0.39, 0.29) is 11.7 Å². The number of terminal acetylenes is 2. The van der Waals surface area contributed by atoms with Crippen LogP contribution in [-0.4, -0.2) is 17.4 Å². The lowest BCUT2D eigenvalue weighted by molar-refractivity contribution is -0.162. The first-order valence-electron chi connectivity index (χ1n) is 7.34. The maximum atomic E-state index is 12.0. The molecule has 0 bridgehead atoms. The van der Waals surface area contributed by atoms with E-state index in [1.165, 1.54) is 6.92 Å². The van der Waals surface area contributed by atoms with E-state index in [0.717, 1.165) is 12.8 Å². The van der Waals surface area contributed by atoms with Gasteiger partial charge in [0.1, 0.15) is 17.3 Å². The molecule has 2 atom stereocenters. The van der Waals surface area contributed by atoms with Crippen molar-refractivity contribution in [2.24, 2.45) is 11.8 Å². The highest BCUT2D eigenvalue weighted by Crippen LogP contribution is 2.21. The smallest absolute Gasteiger partial charge is 0.316 e. The van der Waals surface area contributed by atoms with E-state index in [1.54, 1.807) is 20.8 Å². The fourth-order valence-electron chi connectivity index (χ4n) is 1.99. The summed E-state index contributed by atoms with van der Waals surface area (Å²) in [7, 11) is 0. The molecule has 0 fully saturated rings. The Labute approximate surface area is 128 Å². The number of hydrogen-bond acceptors (Lipinski definition) is 3. The Morgan fingerprint density at radius 2 is 1.76 bits per heavy atom. The number of Topliss-reactive ketones (excluding diaryl/α,β-unsaturated/α-hetero) is 1. The maximum absolute atomic E-state index is 12.0. The van der Waals surface area contributed by atoms with Crippen LogP contribution in [0.4, 0.5) is 0 Å². The molecule has 0 aromatic heterocycles. The Morgan fingerprint density at radius 3 is 2.19 bits per heavy atom. The summed E-state index contributed by atoms with van der Waals surface area (Å²) < 4.78 is 5.29.